The summed E-state index contributed by atoms with van der Waals surface area (Å²) in [5.41, 5.74) is 0.0591. The minimum absolute atomic E-state index is 0.00835. The Morgan fingerprint density at radius 2 is 1.83 bits per heavy atom. The molecule has 0 radical (unpaired) electrons. The molecule has 2 spiro atoms. The van der Waals surface area contributed by atoms with Gasteiger partial charge in [0.15, 0.2) is 5.79 Å². The van der Waals surface area contributed by atoms with Crippen LogP contribution in [-0.4, -0.2) is 62.6 Å². The van der Waals surface area contributed by atoms with E-state index in [9.17, 15) is 4.79 Å². The Morgan fingerprint density at radius 3 is 2.54 bits per heavy atom. The lowest BCUT2D eigenvalue weighted by molar-refractivity contribution is -0.303. The third kappa shape index (κ3) is 4.69. The first kappa shape index (κ1) is 29.8. The molecule has 6 rings (SSSR count). The highest BCUT2D eigenvalue weighted by atomic mass is 32.1. The summed E-state index contributed by atoms with van der Waals surface area (Å²) in [6.07, 6.45) is 7.52. The van der Waals surface area contributed by atoms with Crippen LogP contribution in [0.3, 0.4) is 0 Å². The maximum absolute atomic E-state index is 13.7. The molecule has 1 aromatic rings. The van der Waals surface area contributed by atoms with E-state index in [0.717, 1.165) is 51.4 Å². The Morgan fingerprint density at radius 1 is 1.07 bits per heavy atom. The molecular formula is C32H44O7S2. The number of carbonyl (C=O) groups is 1. The molecule has 5 fully saturated rings. The molecule has 0 N–H and O–H groups in total. The van der Waals surface area contributed by atoms with Gasteiger partial charge in [-0.05, 0) is 79.6 Å². The van der Waals surface area contributed by atoms with Gasteiger partial charge in [0.05, 0.1) is 32.0 Å². The van der Waals surface area contributed by atoms with Crippen LogP contribution in [0.5, 0.6) is 0 Å². The van der Waals surface area contributed by atoms with E-state index in [4.69, 9.17) is 40.6 Å². The average molecular weight is 605 g/mol. The number of benzene rings is 1. The maximum atomic E-state index is 13.7. The van der Waals surface area contributed by atoms with Crippen LogP contribution in [0.4, 0.5) is 0 Å². The summed E-state index contributed by atoms with van der Waals surface area (Å²) in [6.45, 7) is 7.12. The lowest BCUT2D eigenvalue weighted by atomic mass is 9.37. The molecule has 0 unspecified atom stereocenters. The van der Waals surface area contributed by atoms with Crippen LogP contribution in [-0.2, 0) is 28.4 Å². The maximum Gasteiger partial charge on any atom is 0.338 e. The fourth-order valence-electron chi connectivity index (χ4n) is 10.4. The van der Waals surface area contributed by atoms with Crippen LogP contribution in [0.1, 0.15) is 75.6 Å². The number of esters is 1. The van der Waals surface area contributed by atoms with Crippen molar-refractivity contribution in [1.82, 2.24) is 0 Å². The summed E-state index contributed by atoms with van der Waals surface area (Å²) in [6, 6.07) is 9.31. The fourth-order valence-corrected chi connectivity index (χ4v) is 10.5. The number of ether oxygens (including phenoxy) is 6. The summed E-state index contributed by atoms with van der Waals surface area (Å²) in [5, 5.41) is 0. The molecule has 2 bridgehead atoms. The third-order valence-electron chi connectivity index (χ3n) is 11.9. The largest absolute Gasteiger partial charge is 0.478 e. The van der Waals surface area contributed by atoms with Crippen molar-refractivity contribution in [3.05, 3.63) is 35.9 Å². The van der Waals surface area contributed by atoms with Crippen molar-refractivity contribution in [3.8, 4) is 0 Å². The number of carbonyl (C=O) groups excluding carboxylic acids is 1. The van der Waals surface area contributed by atoms with Gasteiger partial charge in [0.1, 0.15) is 12.9 Å². The van der Waals surface area contributed by atoms with Crippen LogP contribution in [0.15, 0.2) is 30.3 Å². The van der Waals surface area contributed by atoms with Crippen molar-refractivity contribution < 1.29 is 33.2 Å². The second kappa shape index (κ2) is 11.0. The van der Waals surface area contributed by atoms with Gasteiger partial charge >= 0.3 is 5.97 Å². The van der Waals surface area contributed by atoms with Crippen LogP contribution in [0.2, 0.25) is 0 Å². The lowest BCUT2D eigenvalue weighted by Crippen LogP contribution is -2.68. The van der Waals surface area contributed by atoms with Gasteiger partial charge in [0.2, 0.25) is 4.38 Å². The number of thiocarbonyl (C=S) groups is 1. The van der Waals surface area contributed by atoms with Gasteiger partial charge in [-0.3, -0.25) is 0 Å². The SMILES string of the molecule is COCOC[C@]1(COC(=S)S)CCC[C@@]2(C)[C@H]1[C@H](OC(=O)c1ccccc1)C[C@H]1CC3(OCCO3)[C@@]3(C)CC[C@]12C3. The summed E-state index contributed by atoms with van der Waals surface area (Å²) < 4.78 is 37.3. The van der Waals surface area contributed by atoms with E-state index in [1.54, 1.807) is 7.11 Å². The molecule has 1 aromatic carbocycles. The zero-order valence-corrected chi connectivity index (χ0v) is 26.2. The Balaban J connectivity index is 1.44. The first-order valence-electron chi connectivity index (χ1n) is 15.1. The third-order valence-corrected chi connectivity index (χ3v) is 12.1. The molecule has 41 heavy (non-hydrogen) atoms. The predicted molar refractivity (Wildman–Crippen MR) is 161 cm³/mol. The zero-order chi connectivity index (χ0) is 28.9. The summed E-state index contributed by atoms with van der Waals surface area (Å²) >= 11 is 9.58. The lowest BCUT2D eigenvalue weighted by Gasteiger charge is -2.69. The van der Waals surface area contributed by atoms with Gasteiger partial charge < -0.3 is 28.4 Å². The van der Waals surface area contributed by atoms with E-state index >= 15 is 0 Å². The van der Waals surface area contributed by atoms with Crippen LogP contribution < -0.4 is 0 Å². The molecule has 1 saturated heterocycles. The summed E-state index contributed by atoms with van der Waals surface area (Å²) in [4.78, 5) is 13.7. The molecule has 226 valence electrons. The van der Waals surface area contributed by atoms with Gasteiger partial charge in [-0.2, -0.15) is 0 Å². The second-order valence-electron chi connectivity index (χ2n) is 13.7. The summed E-state index contributed by atoms with van der Waals surface area (Å²) in [7, 11) is 1.63. The summed E-state index contributed by atoms with van der Waals surface area (Å²) in [5.74, 6) is -0.515. The molecule has 5 aliphatic rings. The van der Waals surface area contributed by atoms with Crippen LogP contribution >= 0.6 is 24.8 Å². The molecular weight excluding hydrogens is 560 g/mol. The molecule has 0 aromatic heterocycles. The van der Waals surface area contributed by atoms with Crippen molar-refractivity contribution in [2.75, 3.05) is 40.3 Å². The smallest absolute Gasteiger partial charge is 0.338 e. The number of fused-ring (bicyclic) bond motifs is 3. The van der Waals surface area contributed by atoms with E-state index in [1.165, 1.54) is 0 Å². The Labute approximate surface area is 254 Å². The first-order valence-corrected chi connectivity index (χ1v) is 15.9. The molecule has 4 saturated carbocycles. The van der Waals surface area contributed by atoms with Crippen molar-refractivity contribution >= 4 is 35.2 Å². The minimum Gasteiger partial charge on any atom is -0.478 e. The number of rotatable bonds is 8. The van der Waals surface area contributed by atoms with Gasteiger partial charge in [0, 0.05) is 30.3 Å². The highest BCUT2D eigenvalue weighted by molar-refractivity contribution is 8.10. The van der Waals surface area contributed by atoms with Crippen molar-refractivity contribution in [2.24, 2.45) is 33.5 Å². The van der Waals surface area contributed by atoms with E-state index in [0.29, 0.717) is 37.9 Å². The van der Waals surface area contributed by atoms with E-state index in [-0.39, 0.29) is 45.4 Å². The van der Waals surface area contributed by atoms with E-state index < -0.39 is 11.2 Å². The Hall–Kier alpha value is -1.23. The van der Waals surface area contributed by atoms with Crippen molar-refractivity contribution in [1.29, 1.82) is 0 Å². The van der Waals surface area contributed by atoms with Gasteiger partial charge in [-0.15, -0.1) is 0 Å². The number of hydrogen-bond donors (Lipinski definition) is 1. The molecule has 0 amide bonds. The molecule has 1 aliphatic heterocycles. The molecule has 7 atom stereocenters. The quantitative estimate of drug-likeness (QED) is 0.124. The minimum atomic E-state index is -0.552. The topological polar surface area (TPSA) is 72.5 Å². The molecule has 7 nitrogen and oxygen atoms in total. The second-order valence-corrected chi connectivity index (χ2v) is 14.8. The first-order chi connectivity index (χ1) is 19.6. The van der Waals surface area contributed by atoms with Gasteiger partial charge in [-0.1, -0.05) is 51.1 Å². The predicted octanol–water partition coefficient (Wildman–Crippen LogP) is 6.20. The fraction of sp³-hybridized carbons (Fsp3) is 0.750. The number of thiol groups is 1. The van der Waals surface area contributed by atoms with Gasteiger partial charge in [-0.25, -0.2) is 4.79 Å². The highest BCUT2D eigenvalue weighted by Crippen LogP contribution is 2.78. The standard InChI is InChI=1S/C32H44O7S2/c1-28-12-13-31(18-28)23(17-32(28)37-14-15-38-32)16-24(39-26(33)22-8-5-4-6-9-22)25-29(31,2)10-7-11-30(25,19-35-21-34-3)20-36-27(40)41/h4-6,8-9,23-25H,7,10-21H2,1-3H3,(H,40,41)/t23-,24+,25+,28-,29-,30-,31-/m0/s1. The molecule has 4 aliphatic carbocycles. The van der Waals surface area contributed by atoms with Gasteiger partial charge in [0.25, 0.3) is 0 Å². The van der Waals surface area contributed by atoms with Crippen LogP contribution in [0, 0.1) is 33.5 Å². The number of hydrogen-bond acceptors (Lipinski definition) is 8. The molecule has 1 heterocycles. The highest BCUT2D eigenvalue weighted by Gasteiger charge is 2.76. The molecule has 9 heteroatoms. The average Bonchev–Trinajstić information content (AvgIpc) is 3.56. The zero-order valence-electron chi connectivity index (χ0n) is 24.5. The van der Waals surface area contributed by atoms with Crippen molar-refractivity contribution in [2.45, 2.75) is 77.1 Å². The normalized spacial score (nSPS) is 40.5. The number of methoxy groups -OCH3 is 1. The Bertz CT molecular complexity index is 1140. The van der Waals surface area contributed by atoms with Crippen LogP contribution in [0.25, 0.3) is 0 Å². The van der Waals surface area contributed by atoms with E-state index in [1.807, 2.05) is 30.3 Å². The monoisotopic (exact) mass is 604 g/mol. The van der Waals surface area contributed by atoms with E-state index in [2.05, 4.69) is 26.5 Å². The Kier molecular flexibility index (Phi) is 8.03. The van der Waals surface area contributed by atoms with Crippen molar-refractivity contribution in [3.63, 3.8) is 0 Å².